The zero-order chi connectivity index (χ0) is 13.1. The highest BCUT2D eigenvalue weighted by molar-refractivity contribution is 5.33. The fourth-order valence-corrected chi connectivity index (χ4v) is 2.05. The van der Waals surface area contributed by atoms with Gasteiger partial charge in [0.1, 0.15) is 11.7 Å². The minimum atomic E-state index is -0.213. The molecule has 0 bridgehead atoms. The first-order chi connectivity index (χ1) is 8.72. The number of methoxy groups -OCH3 is 1. The Morgan fingerprint density at radius 1 is 1.50 bits per heavy atom. The second-order valence-corrected chi connectivity index (χ2v) is 3.89. The summed E-state index contributed by atoms with van der Waals surface area (Å²) >= 11 is 0. The van der Waals surface area contributed by atoms with Crippen LogP contribution in [0.2, 0.25) is 0 Å². The Morgan fingerprint density at radius 3 is 2.78 bits per heavy atom. The molecule has 2 rings (SSSR count). The first-order valence-electron chi connectivity index (χ1n) is 5.76. The lowest BCUT2D eigenvalue weighted by molar-refractivity contribution is 0.397. The van der Waals surface area contributed by atoms with Gasteiger partial charge in [0, 0.05) is 19.8 Å². The van der Waals surface area contributed by atoms with Crippen LogP contribution in [0.25, 0.3) is 0 Å². The van der Waals surface area contributed by atoms with Crippen molar-refractivity contribution in [1.82, 2.24) is 25.0 Å². The monoisotopic (exact) mass is 250 g/mol. The molecule has 1 unspecified atom stereocenters. The quantitative estimate of drug-likeness (QED) is 0.585. The Bertz CT molecular complexity index is 496. The number of aromatic nitrogens is 4. The molecule has 2 aromatic rings. The Kier molecular flexibility index (Phi) is 3.63. The van der Waals surface area contributed by atoms with Crippen molar-refractivity contribution < 1.29 is 4.74 Å². The van der Waals surface area contributed by atoms with Gasteiger partial charge >= 0.3 is 0 Å². The molecule has 7 heteroatoms. The van der Waals surface area contributed by atoms with Gasteiger partial charge in [0.2, 0.25) is 0 Å². The molecule has 0 fully saturated rings. The summed E-state index contributed by atoms with van der Waals surface area (Å²) in [7, 11) is 3.50. The number of hydrogen-bond donors (Lipinski definition) is 2. The van der Waals surface area contributed by atoms with Gasteiger partial charge in [-0.15, -0.1) is 0 Å². The number of nitrogens with zero attached hydrogens (tertiary/aromatic N) is 4. The number of rotatable bonds is 5. The predicted molar refractivity (Wildman–Crippen MR) is 66.8 cm³/mol. The van der Waals surface area contributed by atoms with Crippen molar-refractivity contribution in [1.29, 1.82) is 0 Å². The normalized spacial score (nSPS) is 12.7. The summed E-state index contributed by atoms with van der Waals surface area (Å²) < 4.78 is 8.97. The average molecular weight is 250 g/mol. The van der Waals surface area contributed by atoms with E-state index in [0.717, 1.165) is 17.9 Å². The Hall–Kier alpha value is -1.86. The predicted octanol–water partition coefficient (Wildman–Crippen LogP) is 0.198. The number of ether oxygens (including phenoxy) is 1. The Labute approximate surface area is 106 Å². The first-order valence-corrected chi connectivity index (χ1v) is 5.76. The van der Waals surface area contributed by atoms with E-state index in [1.165, 1.54) is 0 Å². The number of nitrogens with one attached hydrogen (secondary N) is 1. The maximum Gasteiger partial charge on any atom is 0.162 e. The van der Waals surface area contributed by atoms with Crippen LogP contribution in [0.15, 0.2) is 18.5 Å². The second-order valence-electron chi connectivity index (χ2n) is 3.89. The summed E-state index contributed by atoms with van der Waals surface area (Å²) in [5, 5.41) is 8.44. The minimum absolute atomic E-state index is 0.213. The van der Waals surface area contributed by atoms with Crippen LogP contribution in [0, 0.1) is 0 Å². The molecule has 0 aliphatic carbocycles. The zero-order valence-electron chi connectivity index (χ0n) is 10.8. The molecule has 1 atom stereocenters. The first kappa shape index (κ1) is 12.6. The molecule has 2 heterocycles. The summed E-state index contributed by atoms with van der Waals surface area (Å²) in [6, 6.07) is 1.70. The largest absolute Gasteiger partial charge is 0.493 e. The van der Waals surface area contributed by atoms with E-state index in [1.807, 2.05) is 24.7 Å². The van der Waals surface area contributed by atoms with Crippen LogP contribution >= 0.6 is 0 Å². The summed E-state index contributed by atoms with van der Waals surface area (Å²) in [5.41, 5.74) is 4.64. The lowest BCUT2D eigenvalue weighted by atomic mass is 10.1. The molecule has 18 heavy (non-hydrogen) atoms. The van der Waals surface area contributed by atoms with Crippen LogP contribution in [0.3, 0.4) is 0 Å². The fraction of sp³-hybridized carbons (Fsp3) is 0.455. The molecule has 98 valence electrons. The van der Waals surface area contributed by atoms with E-state index < -0.39 is 0 Å². The van der Waals surface area contributed by atoms with Crippen molar-refractivity contribution >= 4 is 0 Å². The van der Waals surface area contributed by atoms with Gasteiger partial charge in [-0.25, -0.2) is 5.43 Å². The van der Waals surface area contributed by atoms with Crippen molar-refractivity contribution in [2.24, 2.45) is 12.9 Å². The van der Waals surface area contributed by atoms with E-state index >= 15 is 0 Å². The Morgan fingerprint density at radius 2 is 2.28 bits per heavy atom. The van der Waals surface area contributed by atoms with E-state index in [4.69, 9.17) is 10.6 Å². The highest BCUT2D eigenvalue weighted by Crippen LogP contribution is 2.28. The van der Waals surface area contributed by atoms with Gasteiger partial charge in [0.05, 0.1) is 19.0 Å². The standard InChI is InChI=1S/C11H18N6O/c1-4-17-11(9(18-3)7-14-17)10(15-12)8-5-6-13-16(8)2/h5-7,10,15H,4,12H2,1-3H3. The van der Waals surface area contributed by atoms with Gasteiger partial charge in [-0.1, -0.05) is 0 Å². The smallest absolute Gasteiger partial charge is 0.162 e. The lowest BCUT2D eigenvalue weighted by Crippen LogP contribution is -2.32. The summed E-state index contributed by atoms with van der Waals surface area (Å²) in [6.07, 6.45) is 3.43. The van der Waals surface area contributed by atoms with E-state index in [9.17, 15) is 0 Å². The van der Waals surface area contributed by atoms with Crippen LogP contribution in [0.1, 0.15) is 24.4 Å². The maximum atomic E-state index is 5.68. The highest BCUT2D eigenvalue weighted by atomic mass is 16.5. The van der Waals surface area contributed by atoms with Gasteiger partial charge in [-0.2, -0.15) is 10.2 Å². The molecule has 0 aliphatic rings. The van der Waals surface area contributed by atoms with Gasteiger partial charge in [-0.3, -0.25) is 15.2 Å². The average Bonchev–Trinajstić information content (AvgIpc) is 2.98. The van der Waals surface area contributed by atoms with Gasteiger partial charge in [0.25, 0.3) is 0 Å². The molecule has 0 radical (unpaired) electrons. The molecule has 0 spiro atoms. The highest BCUT2D eigenvalue weighted by Gasteiger charge is 2.24. The van der Waals surface area contributed by atoms with Crippen LogP contribution in [-0.2, 0) is 13.6 Å². The lowest BCUT2D eigenvalue weighted by Gasteiger charge is -2.18. The number of aryl methyl sites for hydroxylation is 2. The molecule has 7 nitrogen and oxygen atoms in total. The van der Waals surface area contributed by atoms with Crippen molar-refractivity contribution in [3.8, 4) is 5.75 Å². The van der Waals surface area contributed by atoms with Crippen LogP contribution in [0.5, 0.6) is 5.75 Å². The van der Waals surface area contributed by atoms with E-state index in [2.05, 4.69) is 15.6 Å². The SMILES string of the molecule is CCn1ncc(OC)c1C(NN)c1ccnn1C. The number of nitrogens with two attached hydrogens (primary N) is 1. The second kappa shape index (κ2) is 5.19. The summed E-state index contributed by atoms with van der Waals surface area (Å²) in [4.78, 5) is 0. The zero-order valence-corrected chi connectivity index (χ0v) is 10.8. The molecule has 3 N–H and O–H groups in total. The number of hydrogen-bond acceptors (Lipinski definition) is 5. The molecular weight excluding hydrogens is 232 g/mol. The Balaban J connectivity index is 2.50. The molecule has 2 aromatic heterocycles. The molecule has 0 aliphatic heterocycles. The van der Waals surface area contributed by atoms with Crippen LogP contribution in [0.4, 0.5) is 0 Å². The third-order valence-corrected chi connectivity index (χ3v) is 2.96. The topological polar surface area (TPSA) is 82.9 Å². The third-order valence-electron chi connectivity index (χ3n) is 2.96. The fourth-order valence-electron chi connectivity index (χ4n) is 2.05. The number of hydrazine groups is 1. The molecule has 0 aromatic carbocycles. The third kappa shape index (κ3) is 1.98. The van der Waals surface area contributed by atoms with Crippen molar-refractivity contribution in [2.75, 3.05) is 7.11 Å². The minimum Gasteiger partial charge on any atom is -0.493 e. The van der Waals surface area contributed by atoms with Crippen molar-refractivity contribution in [3.05, 3.63) is 29.8 Å². The summed E-state index contributed by atoms with van der Waals surface area (Å²) in [6.45, 7) is 2.77. The molecule has 0 saturated heterocycles. The van der Waals surface area contributed by atoms with Gasteiger partial charge < -0.3 is 4.74 Å². The van der Waals surface area contributed by atoms with E-state index in [-0.39, 0.29) is 6.04 Å². The maximum absolute atomic E-state index is 5.68. The van der Waals surface area contributed by atoms with Crippen molar-refractivity contribution in [2.45, 2.75) is 19.5 Å². The molecule has 0 saturated carbocycles. The van der Waals surface area contributed by atoms with Gasteiger partial charge in [0.15, 0.2) is 5.75 Å². The molecule has 0 amide bonds. The van der Waals surface area contributed by atoms with E-state index in [1.54, 1.807) is 24.2 Å². The van der Waals surface area contributed by atoms with Crippen molar-refractivity contribution in [3.63, 3.8) is 0 Å². The van der Waals surface area contributed by atoms with E-state index in [0.29, 0.717) is 5.75 Å². The molecular formula is C11H18N6O. The van der Waals surface area contributed by atoms with Crippen LogP contribution in [-0.4, -0.2) is 26.7 Å². The van der Waals surface area contributed by atoms with Gasteiger partial charge in [-0.05, 0) is 13.0 Å². The summed E-state index contributed by atoms with van der Waals surface area (Å²) in [5.74, 6) is 6.39. The van der Waals surface area contributed by atoms with Crippen LogP contribution < -0.4 is 16.0 Å².